The lowest BCUT2D eigenvalue weighted by Crippen LogP contribution is -2.47. The Labute approximate surface area is 119 Å². The number of benzene rings is 1. The molecule has 0 saturated carbocycles. The van der Waals surface area contributed by atoms with Crippen LogP contribution in [-0.4, -0.2) is 18.1 Å². The first-order chi connectivity index (χ1) is 8.90. The molecule has 3 N–H and O–H groups in total. The summed E-state index contributed by atoms with van der Waals surface area (Å²) in [6.45, 7) is 6.16. The van der Waals surface area contributed by atoms with Crippen LogP contribution >= 0.6 is 11.6 Å². The first-order valence-corrected chi connectivity index (χ1v) is 6.81. The van der Waals surface area contributed by atoms with Gasteiger partial charge in [-0.05, 0) is 38.0 Å². The average molecular weight is 285 g/mol. The molecule has 0 aliphatic heterocycles. The van der Waals surface area contributed by atoms with Crippen LogP contribution in [0, 0.1) is 0 Å². The smallest absolute Gasteiger partial charge is 0.244 e. The van der Waals surface area contributed by atoms with Gasteiger partial charge in [-0.15, -0.1) is 0 Å². The van der Waals surface area contributed by atoms with Crippen LogP contribution in [0.4, 0.5) is 5.69 Å². The Hall–Kier alpha value is -1.26. The van der Waals surface area contributed by atoms with E-state index in [0.717, 1.165) is 6.42 Å². The molecule has 0 fully saturated rings. The lowest BCUT2D eigenvalue weighted by atomic mass is 9.99. The quantitative estimate of drug-likeness (QED) is 0.843. The molecule has 0 radical (unpaired) electrons. The van der Waals surface area contributed by atoms with Crippen molar-refractivity contribution in [3.05, 3.63) is 23.2 Å². The van der Waals surface area contributed by atoms with Gasteiger partial charge in [0.05, 0.1) is 17.8 Å². The number of anilines is 1. The van der Waals surface area contributed by atoms with Crippen LogP contribution in [0.3, 0.4) is 0 Å². The van der Waals surface area contributed by atoms with E-state index in [2.05, 4.69) is 5.32 Å². The van der Waals surface area contributed by atoms with Gasteiger partial charge in [-0.1, -0.05) is 25.4 Å². The maximum atomic E-state index is 12.1. The van der Waals surface area contributed by atoms with E-state index in [1.807, 2.05) is 13.8 Å². The lowest BCUT2D eigenvalue weighted by molar-refractivity contribution is -0.120. The number of halogens is 1. The Morgan fingerprint density at radius 2 is 2.16 bits per heavy atom. The summed E-state index contributed by atoms with van der Waals surface area (Å²) in [5, 5.41) is 3.31. The van der Waals surface area contributed by atoms with E-state index in [0.29, 0.717) is 29.5 Å². The minimum atomic E-state index is -0.912. The number of carbonyl (C=O) groups excluding carboxylic acids is 1. The standard InChI is InChI=1S/C14H21ClN2O2/c1-4-8-19-12-7-6-10(15)9-11(12)17-13(18)14(3,16)5-2/h6-7,9H,4-5,8,16H2,1-3H3,(H,17,18). The van der Waals surface area contributed by atoms with Crippen molar-refractivity contribution in [1.82, 2.24) is 0 Å². The average Bonchev–Trinajstić information content (AvgIpc) is 2.37. The van der Waals surface area contributed by atoms with Crippen LogP contribution in [0.2, 0.25) is 5.02 Å². The molecule has 1 aromatic rings. The lowest BCUT2D eigenvalue weighted by Gasteiger charge is -2.22. The van der Waals surface area contributed by atoms with Crippen molar-refractivity contribution in [2.75, 3.05) is 11.9 Å². The van der Waals surface area contributed by atoms with Crippen LogP contribution in [0.5, 0.6) is 5.75 Å². The van der Waals surface area contributed by atoms with E-state index in [1.54, 1.807) is 25.1 Å². The van der Waals surface area contributed by atoms with Crippen molar-refractivity contribution >= 4 is 23.2 Å². The van der Waals surface area contributed by atoms with Crippen LogP contribution in [0.25, 0.3) is 0 Å². The number of amides is 1. The van der Waals surface area contributed by atoms with Gasteiger partial charge in [0, 0.05) is 5.02 Å². The Morgan fingerprint density at radius 3 is 2.74 bits per heavy atom. The maximum absolute atomic E-state index is 12.1. The minimum Gasteiger partial charge on any atom is -0.491 e. The Balaban J connectivity index is 2.92. The fourth-order valence-corrected chi connectivity index (χ4v) is 1.54. The fourth-order valence-electron chi connectivity index (χ4n) is 1.36. The van der Waals surface area contributed by atoms with Crippen molar-refractivity contribution in [1.29, 1.82) is 0 Å². The molecule has 0 spiro atoms. The fraction of sp³-hybridized carbons (Fsp3) is 0.500. The molecule has 4 nitrogen and oxygen atoms in total. The van der Waals surface area contributed by atoms with Crippen molar-refractivity contribution < 1.29 is 9.53 Å². The molecule has 1 unspecified atom stereocenters. The highest BCUT2D eigenvalue weighted by molar-refractivity contribution is 6.31. The SMILES string of the molecule is CCCOc1ccc(Cl)cc1NC(=O)C(C)(N)CC. The van der Waals surface area contributed by atoms with Gasteiger partial charge in [-0.2, -0.15) is 0 Å². The molecular formula is C14H21ClN2O2. The molecule has 0 aromatic heterocycles. The summed E-state index contributed by atoms with van der Waals surface area (Å²) in [7, 11) is 0. The normalized spacial score (nSPS) is 13.7. The number of hydrogen-bond donors (Lipinski definition) is 2. The molecule has 1 atom stereocenters. The van der Waals surface area contributed by atoms with Gasteiger partial charge in [0.25, 0.3) is 0 Å². The molecule has 0 heterocycles. The number of ether oxygens (including phenoxy) is 1. The molecule has 1 rings (SSSR count). The number of carbonyl (C=O) groups is 1. The summed E-state index contributed by atoms with van der Waals surface area (Å²) in [5.74, 6) is 0.352. The van der Waals surface area contributed by atoms with Crippen molar-refractivity contribution in [3.63, 3.8) is 0 Å². The molecule has 0 aliphatic carbocycles. The van der Waals surface area contributed by atoms with E-state index in [9.17, 15) is 4.79 Å². The Kier molecular flexibility index (Phi) is 5.63. The third-order valence-electron chi connectivity index (χ3n) is 2.90. The van der Waals surface area contributed by atoms with Crippen molar-refractivity contribution in [3.8, 4) is 5.75 Å². The second-order valence-corrected chi connectivity index (χ2v) is 5.15. The summed E-state index contributed by atoms with van der Waals surface area (Å²) in [6.07, 6.45) is 1.43. The van der Waals surface area contributed by atoms with Crippen molar-refractivity contribution in [2.24, 2.45) is 5.73 Å². The zero-order valence-electron chi connectivity index (χ0n) is 11.6. The molecule has 5 heteroatoms. The van der Waals surface area contributed by atoms with Gasteiger partial charge in [-0.3, -0.25) is 4.79 Å². The van der Waals surface area contributed by atoms with E-state index in [-0.39, 0.29) is 5.91 Å². The summed E-state index contributed by atoms with van der Waals surface area (Å²) < 4.78 is 5.57. The van der Waals surface area contributed by atoms with Gasteiger partial charge in [0.2, 0.25) is 5.91 Å². The Morgan fingerprint density at radius 1 is 1.47 bits per heavy atom. The molecule has 19 heavy (non-hydrogen) atoms. The minimum absolute atomic E-state index is 0.251. The first-order valence-electron chi connectivity index (χ1n) is 6.43. The second kappa shape index (κ2) is 6.78. The van der Waals surface area contributed by atoms with E-state index in [4.69, 9.17) is 22.1 Å². The largest absolute Gasteiger partial charge is 0.491 e. The highest BCUT2D eigenvalue weighted by Crippen LogP contribution is 2.29. The molecule has 0 bridgehead atoms. The van der Waals surface area contributed by atoms with Gasteiger partial charge in [0.1, 0.15) is 5.75 Å². The van der Waals surface area contributed by atoms with Crippen LogP contribution < -0.4 is 15.8 Å². The number of hydrogen-bond acceptors (Lipinski definition) is 3. The van der Waals surface area contributed by atoms with Crippen LogP contribution in [0.15, 0.2) is 18.2 Å². The topological polar surface area (TPSA) is 64.3 Å². The van der Waals surface area contributed by atoms with Gasteiger partial charge < -0.3 is 15.8 Å². The number of rotatable bonds is 6. The molecule has 0 saturated heterocycles. The monoisotopic (exact) mass is 284 g/mol. The van der Waals surface area contributed by atoms with E-state index < -0.39 is 5.54 Å². The predicted octanol–water partition coefficient (Wildman–Crippen LogP) is 3.19. The zero-order chi connectivity index (χ0) is 14.5. The van der Waals surface area contributed by atoms with Crippen LogP contribution in [-0.2, 0) is 4.79 Å². The summed E-state index contributed by atoms with van der Waals surface area (Å²) in [4.78, 5) is 12.1. The second-order valence-electron chi connectivity index (χ2n) is 4.71. The number of nitrogens with two attached hydrogens (primary N) is 1. The Bertz CT molecular complexity index is 447. The van der Waals surface area contributed by atoms with Crippen molar-refractivity contribution in [2.45, 2.75) is 39.2 Å². The van der Waals surface area contributed by atoms with Gasteiger partial charge in [0.15, 0.2) is 0 Å². The van der Waals surface area contributed by atoms with Crippen LogP contribution in [0.1, 0.15) is 33.6 Å². The van der Waals surface area contributed by atoms with E-state index in [1.165, 1.54) is 0 Å². The molecule has 106 valence electrons. The van der Waals surface area contributed by atoms with Gasteiger partial charge in [-0.25, -0.2) is 0 Å². The third-order valence-corrected chi connectivity index (χ3v) is 3.14. The molecular weight excluding hydrogens is 264 g/mol. The predicted molar refractivity (Wildman–Crippen MR) is 78.8 cm³/mol. The highest BCUT2D eigenvalue weighted by Gasteiger charge is 2.26. The highest BCUT2D eigenvalue weighted by atomic mass is 35.5. The van der Waals surface area contributed by atoms with Gasteiger partial charge >= 0.3 is 0 Å². The zero-order valence-corrected chi connectivity index (χ0v) is 12.4. The first kappa shape index (κ1) is 15.8. The summed E-state index contributed by atoms with van der Waals surface area (Å²) >= 11 is 5.94. The number of nitrogens with one attached hydrogen (secondary N) is 1. The third kappa shape index (κ3) is 4.40. The molecule has 0 aliphatic rings. The molecule has 1 aromatic carbocycles. The van der Waals surface area contributed by atoms with E-state index >= 15 is 0 Å². The summed E-state index contributed by atoms with van der Waals surface area (Å²) in [6, 6.07) is 5.13. The summed E-state index contributed by atoms with van der Waals surface area (Å²) in [5.41, 5.74) is 5.55. The maximum Gasteiger partial charge on any atom is 0.244 e. The molecule has 1 amide bonds.